The van der Waals surface area contributed by atoms with Crippen LogP contribution in [0.15, 0.2) is 38.6 Å². The zero-order valence-electron chi connectivity index (χ0n) is 13.9. The van der Waals surface area contributed by atoms with Crippen LogP contribution in [0.2, 0.25) is 0 Å². The number of benzene rings is 1. The van der Waals surface area contributed by atoms with Crippen LogP contribution in [0, 0.1) is 6.92 Å². The van der Waals surface area contributed by atoms with E-state index < -0.39 is 5.97 Å². The highest BCUT2D eigenvalue weighted by Crippen LogP contribution is 2.32. The van der Waals surface area contributed by atoms with E-state index >= 15 is 0 Å². The molecule has 134 valence electrons. The van der Waals surface area contributed by atoms with Crippen molar-refractivity contribution < 1.29 is 19.1 Å². The molecule has 1 amide bonds. The van der Waals surface area contributed by atoms with Gasteiger partial charge in [0.15, 0.2) is 5.43 Å². The first-order valence-corrected chi connectivity index (χ1v) is 9.08. The van der Waals surface area contributed by atoms with Crippen molar-refractivity contribution in [2.24, 2.45) is 0 Å². The van der Waals surface area contributed by atoms with Gasteiger partial charge in [0, 0.05) is 13.0 Å². The zero-order chi connectivity index (χ0) is 18.8. The topological polar surface area (TPSA) is 87.8 Å². The third-order valence-corrected chi connectivity index (χ3v) is 5.27. The fourth-order valence-corrected chi connectivity index (χ4v) is 3.88. The Balaban J connectivity index is 1.88. The lowest BCUT2D eigenvalue weighted by Crippen LogP contribution is -2.29. The SMILES string of the molecule is Cc1ccc2occ(C=C3SC(=S)N(CCCC(=O)O)C3=O)c(=O)c2c1. The Hall–Kier alpha value is -2.45. The highest BCUT2D eigenvalue weighted by molar-refractivity contribution is 8.26. The minimum Gasteiger partial charge on any atom is -0.481 e. The molecule has 2 heterocycles. The predicted octanol–water partition coefficient (Wildman–Crippen LogP) is 3.17. The third-order valence-electron chi connectivity index (χ3n) is 3.89. The number of hydrogen-bond acceptors (Lipinski definition) is 6. The first-order chi connectivity index (χ1) is 12.4. The number of carboxylic acids is 1. The van der Waals surface area contributed by atoms with Crippen molar-refractivity contribution in [2.45, 2.75) is 19.8 Å². The van der Waals surface area contributed by atoms with Crippen LogP contribution in [0.3, 0.4) is 0 Å². The lowest BCUT2D eigenvalue weighted by atomic mass is 10.1. The fourth-order valence-electron chi connectivity index (χ4n) is 2.58. The summed E-state index contributed by atoms with van der Waals surface area (Å²) in [5, 5.41) is 9.16. The number of thiocarbonyl (C=S) groups is 1. The second-order valence-corrected chi connectivity index (χ2v) is 7.53. The average Bonchev–Trinajstić information content (AvgIpc) is 2.85. The van der Waals surface area contributed by atoms with E-state index in [1.54, 1.807) is 12.1 Å². The van der Waals surface area contributed by atoms with Crippen LogP contribution in [0.4, 0.5) is 0 Å². The monoisotopic (exact) mass is 389 g/mol. The summed E-state index contributed by atoms with van der Waals surface area (Å²) in [5.41, 5.74) is 1.48. The van der Waals surface area contributed by atoms with Gasteiger partial charge in [0.1, 0.15) is 16.2 Å². The minimum atomic E-state index is -0.921. The van der Waals surface area contributed by atoms with Gasteiger partial charge in [-0.25, -0.2) is 0 Å². The Morgan fingerprint density at radius 1 is 1.38 bits per heavy atom. The molecule has 8 heteroatoms. The van der Waals surface area contributed by atoms with Crippen LogP contribution in [-0.4, -0.2) is 32.7 Å². The number of carbonyl (C=O) groups excluding carboxylic acids is 1. The van der Waals surface area contributed by atoms with E-state index in [1.807, 2.05) is 13.0 Å². The lowest BCUT2D eigenvalue weighted by Gasteiger charge is -2.13. The van der Waals surface area contributed by atoms with E-state index in [-0.39, 0.29) is 29.9 Å². The first-order valence-electron chi connectivity index (χ1n) is 7.86. The molecule has 2 aromatic rings. The maximum Gasteiger partial charge on any atom is 0.303 e. The third kappa shape index (κ3) is 3.71. The molecule has 26 heavy (non-hydrogen) atoms. The number of carbonyl (C=O) groups is 2. The summed E-state index contributed by atoms with van der Waals surface area (Å²) in [4.78, 5) is 37.4. The van der Waals surface area contributed by atoms with Crippen molar-refractivity contribution in [3.63, 3.8) is 0 Å². The van der Waals surface area contributed by atoms with Gasteiger partial charge in [0.05, 0.1) is 15.9 Å². The molecule has 0 bridgehead atoms. The van der Waals surface area contributed by atoms with Crippen molar-refractivity contribution >= 4 is 57.2 Å². The molecule has 1 N–H and O–H groups in total. The van der Waals surface area contributed by atoms with Gasteiger partial charge in [-0.15, -0.1) is 0 Å². The molecule has 1 aliphatic heterocycles. The van der Waals surface area contributed by atoms with Gasteiger partial charge in [-0.1, -0.05) is 35.6 Å². The summed E-state index contributed by atoms with van der Waals surface area (Å²) in [5.74, 6) is -1.25. The number of fused-ring (bicyclic) bond motifs is 1. The molecule has 1 fully saturated rings. The number of rotatable bonds is 5. The Bertz CT molecular complexity index is 1010. The Labute approximate surface area is 158 Å². The summed E-state index contributed by atoms with van der Waals surface area (Å²) in [6, 6.07) is 5.33. The molecule has 1 aliphatic rings. The number of aliphatic carboxylic acids is 1. The van der Waals surface area contributed by atoms with Crippen LogP contribution in [0.1, 0.15) is 24.0 Å². The Morgan fingerprint density at radius 2 is 2.15 bits per heavy atom. The summed E-state index contributed by atoms with van der Waals surface area (Å²) in [7, 11) is 0. The normalized spacial score (nSPS) is 16.0. The molecule has 0 radical (unpaired) electrons. The van der Waals surface area contributed by atoms with E-state index in [9.17, 15) is 14.4 Å². The van der Waals surface area contributed by atoms with E-state index in [4.69, 9.17) is 21.7 Å². The largest absolute Gasteiger partial charge is 0.481 e. The van der Waals surface area contributed by atoms with Gasteiger partial charge in [-0.2, -0.15) is 0 Å². The number of carboxylic acid groups (broad SMARTS) is 1. The second kappa shape index (κ2) is 7.43. The molecule has 0 spiro atoms. The molecule has 6 nitrogen and oxygen atoms in total. The van der Waals surface area contributed by atoms with Crippen LogP contribution >= 0.6 is 24.0 Å². The summed E-state index contributed by atoms with van der Waals surface area (Å²) in [6.07, 6.45) is 3.08. The number of aryl methyl sites for hydroxylation is 1. The standard InChI is InChI=1S/C18H15NO5S2/c1-10-4-5-13-12(7-10)16(22)11(9-24-13)8-14-17(23)19(18(25)26-14)6-2-3-15(20)21/h4-5,7-9H,2-3,6H2,1H3,(H,20,21). The molecule has 0 saturated carbocycles. The van der Waals surface area contributed by atoms with Crippen LogP contribution in [0.5, 0.6) is 0 Å². The molecule has 1 aromatic carbocycles. The van der Waals surface area contributed by atoms with Crippen molar-refractivity contribution in [1.82, 2.24) is 4.90 Å². The van der Waals surface area contributed by atoms with Crippen molar-refractivity contribution in [3.05, 3.63) is 50.7 Å². The fraction of sp³-hybridized carbons (Fsp3) is 0.222. The summed E-state index contributed by atoms with van der Waals surface area (Å²) >= 11 is 6.29. The van der Waals surface area contributed by atoms with E-state index in [0.717, 1.165) is 17.3 Å². The summed E-state index contributed by atoms with van der Waals surface area (Å²) < 4.78 is 5.85. The van der Waals surface area contributed by atoms with Crippen LogP contribution < -0.4 is 5.43 Å². The maximum atomic E-state index is 12.6. The van der Waals surface area contributed by atoms with Gasteiger partial charge in [0.2, 0.25) is 0 Å². The van der Waals surface area contributed by atoms with Gasteiger partial charge >= 0.3 is 5.97 Å². The summed E-state index contributed by atoms with van der Waals surface area (Å²) in [6.45, 7) is 2.12. The second-order valence-electron chi connectivity index (χ2n) is 5.85. The van der Waals surface area contributed by atoms with E-state index in [1.165, 1.54) is 17.2 Å². The van der Waals surface area contributed by atoms with E-state index in [0.29, 0.717) is 26.6 Å². The Kier molecular flexibility index (Phi) is 5.24. The molecule has 0 aliphatic carbocycles. The van der Waals surface area contributed by atoms with Gasteiger partial charge in [-0.3, -0.25) is 19.3 Å². The number of amides is 1. The molecular weight excluding hydrogens is 374 g/mol. The van der Waals surface area contributed by atoms with Crippen LogP contribution in [0.25, 0.3) is 17.0 Å². The molecule has 1 aromatic heterocycles. The van der Waals surface area contributed by atoms with Gasteiger partial charge in [-0.05, 0) is 31.6 Å². The van der Waals surface area contributed by atoms with Crippen molar-refractivity contribution in [1.29, 1.82) is 0 Å². The molecule has 3 rings (SSSR count). The van der Waals surface area contributed by atoms with Crippen LogP contribution in [-0.2, 0) is 9.59 Å². The smallest absolute Gasteiger partial charge is 0.303 e. The van der Waals surface area contributed by atoms with Crippen molar-refractivity contribution in [3.8, 4) is 0 Å². The first kappa shape index (κ1) is 18.3. The Morgan fingerprint density at radius 3 is 2.88 bits per heavy atom. The molecule has 1 saturated heterocycles. The number of thioether (sulfide) groups is 1. The molecule has 0 unspecified atom stereocenters. The lowest BCUT2D eigenvalue weighted by molar-refractivity contribution is -0.137. The molecule has 0 atom stereocenters. The quantitative estimate of drug-likeness (QED) is 0.621. The highest BCUT2D eigenvalue weighted by Gasteiger charge is 2.31. The van der Waals surface area contributed by atoms with E-state index in [2.05, 4.69) is 0 Å². The highest BCUT2D eigenvalue weighted by atomic mass is 32.2. The van der Waals surface area contributed by atoms with Gasteiger partial charge < -0.3 is 9.52 Å². The number of hydrogen-bond donors (Lipinski definition) is 1. The van der Waals surface area contributed by atoms with Gasteiger partial charge in [0.25, 0.3) is 5.91 Å². The van der Waals surface area contributed by atoms with Crippen molar-refractivity contribution in [2.75, 3.05) is 6.54 Å². The predicted molar refractivity (Wildman–Crippen MR) is 104 cm³/mol. The molecular formula is C18H15NO5S2. The number of nitrogens with zero attached hydrogens (tertiary/aromatic N) is 1. The minimum absolute atomic E-state index is 0.0380. The average molecular weight is 389 g/mol. The zero-order valence-corrected chi connectivity index (χ0v) is 15.5. The maximum absolute atomic E-state index is 12.6.